The molecule has 0 unspecified atom stereocenters. The van der Waals surface area contributed by atoms with Crippen molar-refractivity contribution in [2.75, 3.05) is 6.61 Å². The van der Waals surface area contributed by atoms with Gasteiger partial charge in [-0.2, -0.15) is 5.26 Å². The molecule has 8 heteroatoms. The van der Waals surface area contributed by atoms with E-state index in [1.807, 2.05) is 6.07 Å². The fourth-order valence-corrected chi connectivity index (χ4v) is 3.41. The largest absolute Gasteiger partial charge is 0.508 e. The Hall–Kier alpha value is -3.11. The van der Waals surface area contributed by atoms with Crippen LogP contribution in [0.25, 0.3) is 17.4 Å². The van der Waals surface area contributed by atoms with Crippen LogP contribution in [0.4, 0.5) is 0 Å². The van der Waals surface area contributed by atoms with Gasteiger partial charge in [0.15, 0.2) is 5.57 Å². The topological polar surface area (TPSA) is 115 Å². The number of amides is 1. The van der Waals surface area contributed by atoms with E-state index in [-0.39, 0.29) is 39.2 Å². The molecule has 0 fully saturated rings. The zero-order valence-electron chi connectivity index (χ0n) is 15.8. The van der Waals surface area contributed by atoms with Gasteiger partial charge in [0, 0.05) is 6.54 Å². The van der Waals surface area contributed by atoms with Gasteiger partial charge < -0.3 is 15.5 Å². The van der Waals surface area contributed by atoms with Crippen LogP contribution in [0.1, 0.15) is 26.3 Å². The summed E-state index contributed by atoms with van der Waals surface area (Å²) in [5.41, 5.74) is 2.08. The Morgan fingerprint density at radius 2 is 2.14 bits per heavy atom. The van der Waals surface area contributed by atoms with E-state index in [1.165, 1.54) is 16.7 Å². The predicted molar refractivity (Wildman–Crippen MR) is 108 cm³/mol. The fraction of sp³-hybridized carbons (Fsp3) is 0.300. The molecule has 146 valence electrons. The maximum absolute atomic E-state index is 12.6. The Labute approximate surface area is 165 Å². The minimum Gasteiger partial charge on any atom is -0.508 e. The number of rotatable bonds is 5. The lowest BCUT2D eigenvalue weighted by molar-refractivity contribution is -0.117. The number of hydrogen-bond acceptors (Lipinski definition) is 6. The zero-order valence-corrected chi connectivity index (χ0v) is 16.6. The summed E-state index contributed by atoms with van der Waals surface area (Å²) in [6, 6.07) is 8.34. The number of carbonyl (C=O) groups is 1. The van der Waals surface area contributed by atoms with E-state index in [1.54, 1.807) is 39.0 Å². The second-order valence-corrected chi connectivity index (χ2v) is 7.65. The highest BCUT2D eigenvalue weighted by Crippen LogP contribution is 2.11. The number of phenolic OH excluding ortho intramolecular Hbond substituents is 1. The van der Waals surface area contributed by atoms with E-state index >= 15 is 0 Å². The number of thiazole rings is 1. The summed E-state index contributed by atoms with van der Waals surface area (Å²) in [4.78, 5) is 25.1. The van der Waals surface area contributed by atoms with Gasteiger partial charge in [0.2, 0.25) is 0 Å². The molecule has 0 saturated heterocycles. The van der Waals surface area contributed by atoms with Crippen LogP contribution in [0, 0.1) is 11.3 Å². The summed E-state index contributed by atoms with van der Waals surface area (Å²) in [5, 5.41) is 30.9. The fourth-order valence-electron chi connectivity index (χ4n) is 2.34. The van der Waals surface area contributed by atoms with Crippen molar-refractivity contribution in [3.63, 3.8) is 0 Å². The van der Waals surface area contributed by atoms with Crippen molar-refractivity contribution in [1.82, 2.24) is 9.88 Å². The number of hydrogen-bond donors (Lipinski definition) is 3. The number of aliphatic hydroxyl groups excluding tert-OH is 1. The van der Waals surface area contributed by atoms with Crippen molar-refractivity contribution in [1.29, 1.82) is 5.26 Å². The lowest BCUT2D eigenvalue weighted by atomic mass is 10.1. The second kappa shape index (κ2) is 8.72. The number of nitrogens with zero attached hydrogens (tertiary/aromatic N) is 2. The molecule has 0 saturated carbocycles. The Balaban J connectivity index is 2.69. The normalized spacial score (nSPS) is 12.0. The molecule has 0 aliphatic rings. The highest BCUT2D eigenvalue weighted by Gasteiger charge is 2.23. The number of aliphatic hydroxyl groups is 1. The molecule has 0 radical (unpaired) electrons. The summed E-state index contributed by atoms with van der Waals surface area (Å²) in [7, 11) is 0. The van der Waals surface area contributed by atoms with Gasteiger partial charge in [0.05, 0.1) is 12.1 Å². The molecule has 0 bridgehead atoms. The third kappa shape index (κ3) is 4.78. The Kier molecular flexibility index (Phi) is 6.60. The van der Waals surface area contributed by atoms with Crippen LogP contribution in [-0.4, -0.2) is 32.8 Å². The average Bonchev–Trinajstić information content (AvgIpc) is 2.95. The third-order valence-electron chi connectivity index (χ3n) is 3.84. The van der Waals surface area contributed by atoms with Crippen molar-refractivity contribution in [2.24, 2.45) is 0 Å². The summed E-state index contributed by atoms with van der Waals surface area (Å²) >= 11 is 0.991. The van der Waals surface area contributed by atoms with Crippen LogP contribution in [0.15, 0.2) is 29.1 Å². The van der Waals surface area contributed by atoms with Crippen LogP contribution in [0.5, 0.6) is 5.75 Å². The first-order valence-electron chi connectivity index (χ1n) is 8.55. The number of phenols is 1. The Morgan fingerprint density at radius 1 is 1.43 bits per heavy atom. The van der Waals surface area contributed by atoms with Crippen molar-refractivity contribution in [3.8, 4) is 11.8 Å². The standard InChI is InChI=1S/C20H21N3O4S/c1-4-23-18(27)16(9-8-13-6-5-7-14(25)10-13)28-19(23)15(11-21)17(26)22-20(2,3)12-24/h5-8,10,24-25H,4,12H2,1-3H3,(H,22,26)/b19-15-. The summed E-state index contributed by atoms with van der Waals surface area (Å²) in [6.07, 6.45) is 1.55. The lowest BCUT2D eigenvalue weighted by Crippen LogP contribution is -2.47. The first-order chi connectivity index (χ1) is 13.2. The van der Waals surface area contributed by atoms with Crippen molar-refractivity contribution >= 4 is 34.6 Å². The quantitative estimate of drug-likeness (QED) is 0.668. The van der Waals surface area contributed by atoms with Crippen molar-refractivity contribution in [2.45, 2.75) is 32.9 Å². The van der Waals surface area contributed by atoms with E-state index in [2.05, 4.69) is 11.0 Å². The molecule has 2 aromatic rings. The van der Waals surface area contributed by atoms with Gasteiger partial charge in [0.25, 0.3) is 11.5 Å². The molecule has 1 aromatic heterocycles. The van der Waals surface area contributed by atoms with E-state index < -0.39 is 11.4 Å². The number of nitriles is 1. The molecule has 7 nitrogen and oxygen atoms in total. The number of benzene rings is 1. The average molecular weight is 399 g/mol. The molecule has 1 aromatic carbocycles. The highest BCUT2D eigenvalue weighted by molar-refractivity contribution is 7.07. The van der Waals surface area contributed by atoms with Crippen LogP contribution in [-0.2, 0) is 11.3 Å². The molecule has 2 rings (SSSR count). The van der Waals surface area contributed by atoms with Gasteiger partial charge in [0.1, 0.15) is 21.0 Å². The Morgan fingerprint density at radius 3 is 2.71 bits per heavy atom. The molecular formula is C20H21N3O4S. The first-order valence-corrected chi connectivity index (χ1v) is 9.37. The van der Waals surface area contributed by atoms with E-state index in [0.29, 0.717) is 5.56 Å². The minimum atomic E-state index is -0.905. The number of aromatic nitrogens is 1. The third-order valence-corrected chi connectivity index (χ3v) is 4.95. The number of carbonyl (C=O) groups excluding carboxylic acids is 1. The molecule has 1 heterocycles. The SMILES string of the molecule is CCn1c(=O)c(=C=Cc2cccc(O)c2)s/c1=C(/C#N)C(=O)NC(C)(C)CO. The van der Waals surface area contributed by atoms with Crippen LogP contribution in [0.2, 0.25) is 0 Å². The smallest absolute Gasteiger partial charge is 0.277 e. The number of nitrogens with one attached hydrogen (secondary N) is 1. The number of aromatic hydroxyl groups is 1. The maximum atomic E-state index is 12.6. The molecule has 3 N–H and O–H groups in total. The van der Waals surface area contributed by atoms with Gasteiger partial charge in [-0.15, -0.1) is 11.3 Å². The molecule has 0 aliphatic carbocycles. The van der Waals surface area contributed by atoms with E-state index in [4.69, 9.17) is 0 Å². The maximum Gasteiger partial charge on any atom is 0.277 e. The summed E-state index contributed by atoms with van der Waals surface area (Å²) < 4.78 is 1.81. The predicted octanol–water partition coefficient (Wildman–Crippen LogP) is 0.289. The van der Waals surface area contributed by atoms with Crippen LogP contribution < -0.4 is 20.1 Å². The summed E-state index contributed by atoms with van der Waals surface area (Å²) in [6.45, 7) is 4.97. The van der Waals surface area contributed by atoms with E-state index in [9.17, 15) is 25.1 Å². The first kappa shape index (κ1) is 21.2. The van der Waals surface area contributed by atoms with Crippen molar-refractivity contribution < 1.29 is 15.0 Å². The molecule has 0 spiro atoms. The Bertz CT molecular complexity index is 1150. The van der Waals surface area contributed by atoms with Crippen molar-refractivity contribution in [3.05, 3.63) is 49.4 Å². The minimum absolute atomic E-state index is 0.0941. The summed E-state index contributed by atoms with van der Waals surface area (Å²) in [5.74, 6) is -0.565. The monoisotopic (exact) mass is 399 g/mol. The molecule has 28 heavy (non-hydrogen) atoms. The van der Waals surface area contributed by atoms with Gasteiger partial charge in [-0.25, -0.2) is 0 Å². The van der Waals surface area contributed by atoms with Crippen LogP contribution in [0.3, 0.4) is 0 Å². The van der Waals surface area contributed by atoms with Gasteiger partial charge in [-0.3, -0.25) is 14.2 Å². The highest BCUT2D eigenvalue weighted by atomic mass is 32.1. The van der Waals surface area contributed by atoms with Gasteiger partial charge in [-0.05, 0) is 44.5 Å². The molecule has 0 atom stereocenters. The van der Waals surface area contributed by atoms with Crippen LogP contribution >= 0.6 is 11.3 Å². The van der Waals surface area contributed by atoms with Gasteiger partial charge >= 0.3 is 0 Å². The molecular weight excluding hydrogens is 378 g/mol. The lowest BCUT2D eigenvalue weighted by Gasteiger charge is -2.22. The van der Waals surface area contributed by atoms with E-state index in [0.717, 1.165) is 11.3 Å². The zero-order chi connectivity index (χ0) is 20.9. The molecule has 0 aliphatic heterocycles. The molecule has 1 amide bonds. The second-order valence-electron chi connectivity index (χ2n) is 6.65. The van der Waals surface area contributed by atoms with Gasteiger partial charge in [-0.1, -0.05) is 17.9 Å².